The summed E-state index contributed by atoms with van der Waals surface area (Å²) >= 11 is 0. The number of aliphatic hydroxyl groups excluding tert-OH is 1. The zero-order chi connectivity index (χ0) is 13.0. The third-order valence-corrected chi connectivity index (χ3v) is 3.43. The first-order valence-corrected chi connectivity index (χ1v) is 6.43. The van der Waals surface area contributed by atoms with E-state index in [9.17, 15) is 10.2 Å². The van der Waals surface area contributed by atoms with Crippen molar-refractivity contribution in [1.29, 1.82) is 0 Å². The van der Waals surface area contributed by atoms with Gasteiger partial charge in [-0.1, -0.05) is 6.07 Å². The van der Waals surface area contributed by atoms with Gasteiger partial charge >= 0.3 is 0 Å². The summed E-state index contributed by atoms with van der Waals surface area (Å²) in [5.74, 6) is 0.338. The Hall–Kier alpha value is -1.10. The average molecular weight is 251 g/mol. The number of ether oxygens (including phenoxy) is 1. The van der Waals surface area contributed by atoms with Crippen molar-refractivity contribution in [3.05, 3.63) is 29.3 Å². The maximum absolute atomic E-state index is 9.56. The molecule has 0 amide bonds. The van der Waals surface area contributed by atoms with Gasteiger partial charge in [-0.25, -0.2) is 0 Å². The summed E-state index contributed by atoms with van der Waals surface area (Å²) in [7, 11) is 1.59. The van der Waals surface area contributed by atoms with Gasteiger partial charge in [0, 0.05) is 13.2 Å². The number of hydrogen-bond donors (Lipinski definition) is 3. The van der Waals surface area contributed by atoms with Crippen molar-refractivity contribution in [2.75, 3.05) is 20.3 Å². The fraction of sp³-hybridized carbons (Fsp3) is 0.571. The van der Waals surface area contributed by atoms with E-state index >= 15 is 0 Å². The molecule has 4 nitrogen and oxygen atoms in total. The van der Waals surface area contributed by atoms with Crippen molar-refractivity contribution >= 4 is 0 Å². The zero-order valence-electron chi connectivity index (χ0n) is 10.7. The lowest BCUT2D eigenvalue weighted by Gasteiger charge is -2.16. The van der Waals surface area contributed by atoms with E-state index < -0.39 is 6.10 Å². The van der Waals surface area contributed by atoms with E-state index in [0.717, 1.165) is 19.4 Å². The van der Waals surface area contributed by atoms with Crippen LogP contribution in [0.15, 0.2) is 18.2 Å². The van der Waals surface area contributed by atoms with Crippen LogP contribution in [0.2, 0.25) is 0 Å². The van der Waals surface area contributed by atoms with Gasteiger partial charge in [0.15, 0.2) is 0 Å². The SMILES string of the molecule is COCC(O)CCNC1CCc2cc(O)ccc21. The fourth-order valence-electron chi connectivity index (χ4n) is 2.52. The molecular formula is C14H21NO3. The molecule has 1 aromatic carbocycles. The van der Waals surface area contributed by atoms with Gasteiger partial charge in [0.25, 0.3) is 0 Å². The largest absolute Gasteiger partial charge is 0.508 e. The molecule has 3 N–H and O–H groups in total. The van der Waals surface area contributed by atoms with Gasteiger partial charge < -0.3 is 20.3 Å². The van der Waals surface area contributed by atoms with Crippen LogP contribution in [0, 0.1) is 0 Å². The van der Waals surface area contributed by atoms with Crippen LogP contribution in [-0.2, 0) is 11.2 Å². The van der Waals surface area contributed by atoms with Crippen molar-refractivity contribution in [2.45, 2.75) is 31.4 Å². The average Bonchev–Trinajstić information content (AvgIpc) is 2.72. The third kappa shape index (κ3) is 3.22. The Morgan fingerprint density at radius 2 is 2.33 bits per heavy atom. The first-order chi connectivity index (χ1) is 8.70. The minimum Gasteiger partial charge on any atom is -0.508 e. The van der Waals surface area contributed by atoms with Gasteiger partial charge in [-0.2, -0.15) is 0 Å². The molecule has 0 heterocycles. The summed E-state index contributed by atoms with van der Waals surface area (Å²) in [6.07, 6.45) is 2.35. The van der Waals surface area contributed by atoms with E-state index in [1.165, 1.54) is 11.1 Å². The van der Waals surface area contributed by atoms with Gasteiger partial charge in [-0.05, 0) is 49.1 Å². The Balaban J connectivity index is 1.83. The minimum absolute atomic E-state index is 0.338. The van der Waals surface area contributed by atoms with Gasteiger partial charge in [0.1, 0.15) is 5.75 Å². The Morgan fingerprint density at radius 1 is 1.50 bits per heavy atom. The van der Waals surface area contributed by atoms with Crippen molar-refractivity contribution < 1.29 is 14.9 Å². The van der Waals surface area contributed by atoms with Gasteiger partial charge in [0.05, 0.1) is 12.7 Å². The van der Waals surface area contributed by atoms with E-state index in [2.05, 4.69) is 5.32 Å². The molecule has 0 saturated heterocycles. The molecule has 2 rings (SSSR count). The second kappa shape index (κ2) is 6.18. The number of aliphatic hydroxyl groups is 1. The van der Waals surface area contributed by atoms with E-state index in [4.69, 9.17) is 4.74 Å². The smallest absolute Gasteiger partial charge is 0.115 e. The van der Waals surface area contributed by atoms with Crippen LogP contribution >= 0.6 is 0 Å². The van der Waals surface area contributed by atoms with Crippen LogP contribution in [-0.4, -0.2) is 36.6 Å². The lowest BCUT2D eigenvalue weighted by atomic mass is 10.1. The molecule has 0 radical (unpaired) electrons. The standard InChI is InChI=1S/C14H21NO3/c1-18-9-12(17)6-7-15-14-5-2-10-8-11(16)3-4-13(10)14/h3-4,8,12,14-17H,2,5-7,9H2,1H3. The molecule has 0 saturated carbocycles. The maximum Gasteiger partial charge on any atom is 0.115 e. The fourth-order valence-corrected chi connectivity index (χ4v) is 2.52. The molecule has 1 aromatic rings. The zero-order valence-corrected chi connectivity index (χ0v) is 10.7. The predicted molar refractivity (Wildman–Crippen MR) is 69.7 cm³/mol. The minimum atomic E-state index is -0.400. The maximum atomic E-state index is 9.56. The summed E-state index contributed by atoms with van der Waals surface area (Å²) in [5.41, 5.74) is 2.50. The molecule has 4 heteroatoms. The summed E-state index contributed by atoms with van der Waals surface area (Å²) in [6.45, 7) is 1.16. The highest BCUT2D eigenvalue weighted by atomic mass is 16.5. The molecule has 18 heavy (non-hydrogen) atoms. The summed E-state index contributed by atoms with van der Waals surface area (Å²) in [4.78, 5) is 0. The second-order valence-electron chi connectivity index (χ2n) is 4.83. The molecule has 1 aliphatic carbocycles. The number of phenolic OH excluding ortho intramolecular Hbond substituents is 1. The van der Waals surface area contributed by atoms with Crippen molar-refractivity contribution in [3.63, 3.8) is 0 Å². The highest BCUT2D eigenvalue weighted by Gasteiger charge is 2.22. The number of hydrogen-bond acceptors (Lipinski definition) is 4. The van der Waals surface area contributed by atoms with E-state index in [1.54, 1.807) is 13.2 Å². The molecular weight excluding hydrogens is 230 g/mol. The highest BCUT2D eigenvalue weighted by molar-refractivity contribution is 5.39. The van der Waals surface area contributed by atoms with Crippen LogP contribution in [0.25, 0.3) is 0 Å². The van der Waals surface area contributed by atoms with Crippen LogP contribution in [0.5, 0.6) is 5.75 Å². The number of aromatic hydroxyl groups is 1. The first-order valence-electron chi connectivity index (χ1n) is 6.43. The van der Waals surface area contributed by atoms with Crippen LogP contribution in [0.3, 0.4) is 0 Å². The lowest BCUT2D eigenvalue weighted by molar-refractivity contribution is 0.0590. The number of fused-ring (bicyclic) bond motifs is 1. The Bertz CT molecular complexity index is 395. The molecule has 1 aliphatic rings. The molecule has 2 unspecified atom stereocenters. The van der Waals surface area contributed by atoms with Crippen LogP contribution < -0.4 is 5.32 Å². The molecule has 0 spiro atoms. The number of rotatable bonds is 6. The summed E-state index contributed by atoms with van der Waals surface area (Å²) in [5, 5.41) is 22.4. The molecule has 0 aliphatic heterocycles. The highest BCUT2D eigenvalue weighted by Crippen LogP contribution is 2.33. The van der Waals surface area contributed by atoms with Crippen molar-refractivity contribution in [2.24, 2.45) is 0 Å². The number of aryl methyl sites for hydroxylation is 1. The van der Waals surface area contributed by atoms with E-state index in [-0.39, 0.29) is 0 Å². The predicted octanol–water partition coefficient (Wildman–Crippen LogP) is 1.37. The van der Waals surface area contributed by atoms with Crippen LogP contribution in [0.4, 0.5) is 0 Å². The number of methoxy groups -OCH3 is 1. The Labute approximate surface area is 108 Å². The van der Waals surface area contributed by atoms with E-state index in [0.29, 0.717) is 24.8 Å². The van der Waals surface area contributed by atoms with Gasteiger partial charge in [-0.3, -0.25) is 0 Å². The monoisotopic (exact) mass is 251 g/mol. The summed E-state index contributed by atoms with van der Waals surface area (Å²) < 4.78 is 4.89. The van der Waals surface area contributed by atoms with Crippen LogP contribution in [0.1, 0.15) is 30.0 Å². The number of benzene rings is 1. The normalized spacial score (nSPS) is 19.8. The Kier molecular flexibility index (Phi) is 4.58. The van der Waals surface area contributed by atoms with Crippen molar-refractivity contribution in [1.82, 2.24) is 5.32 Å². The summed E-state index contributed by atoms with van der Waals surface area (Å²) in [6, 6.07) is 5.91. The molecule has 0 bridgehead atoms. The van der Waals surface area contributed by atoms with E-state index in [1.807, 2.05) is 12.1 Å². The number of phenols is 1. The second-order valence-corrected chi connectivity index (χ2v) is 4.83. The molecule has 100 valence electrons. The topological polar surface area (TPSA) is 61.7 Å². The molecule has 0 aromatic heterocycles. The molecule has 2 atom stereocenters. The van der Waals surface area contributed by atoms with Gasteiger partial charge in [0.2, 0.25) is 0 Å². The van der Waals surface area contributed by atoms with Crippen molar-refractivity contribution in [3.8, 4) is 5.75 Å². The first kappa shape index (κ1) is 13.3. The number of nitrogens with one attached hydrogen (secondary N) is 1. The lowest BCUT2D eigenvalue weighted by Crippen LogP contribution is -2.25. The van der Waals surface area contributed by atoms with Gasteiger partial charge in [-0.15, -0.1) is 0 Å². The Morgan fingerprint density at radius 3 is 3.11 bits per heavy atom. The third-order valence-electron chi connectivity index (χ3n) is 3.43. The molecule has 0 fully saturated rings. The quantitative estimate of drug-likeness (QED) is 0.714.